The van der Waals surface area contributed by atoms with Crippen molar-refractivity contribution in [1.29, 1.82) is 0 Å². The van der Waals surface area contributed by atoms with E-state index in [1.165, 1.54) is 55.2 Å². The molecule has 2 aliphatic heterocycles. The van der Waals surface area contributed by atoms with Crippen molar-refractivity contribution in [2.45, 2.75) is 63.5 Å². The van der Waals surface area contributed by atoms with Crippen molar-refractivity contribution in [2.75, 3.05) is 10.6 Å². The lowest BCUT2D eigenvalue weighted by atomic mass is 9.72. The van der Waals surface area contributed by atoms with E-state index >= 15 is 0 Å². The number of hydrogen-bond donors (Lipinski definition) is 2. The van der Waals surface area contributed by atoms with Crippen LogP contribution in [0.25, 0.3) is 21.5 Å². The Morgan fingerprint density at radius 3 is 1.34 bits per heavy atom. The van der Waals surface area contributed by atoms with Crippen molar-refractivity contribution in [3.8, 4) is 0 Å². The van der Waals surface area contributed by atoms with Gasteiger partial charge >= 0.3 is 0 Å². The van der Waals surface area contributed by atoms with E-state index in [2.05, 4.69) is 135 Å². The van der Waals surface area contributed by atoms with E-state index in [9.17, 15) is 0 Å². The Hall–Kier alpha value is -3.78. The number of anilines is 2. The van der Waals surface area contributed by atoms with Crippen molar-refractivity contribution in [3.05, 3.63) is 119 Å². The van der Waals surface area contributed by atoms with Crippen LogP contribution in [-0.2, 0) is 23.7 Å². The Labute approximate surface area is 226 Å². The third-order valence-electron chi connectivity index (χ3n) is 9.82. The first kappa shape index (κ1) is 23.3. The quantitative estimate of drug-likeness (QED) is 0.260. The third kappa shape index (κ3) is 3.39. The summed E-state index contributed by atoms with van der Waals surface area (Å²) >= 11 is 0. The summed E-state index contributed by atoms with van der Waals surface area (Å²) in [6.45, 7) is 9.54. The molecule has 0 bridgehead atoms. The van der Waals surface area contributed by atoms with Crippen molar-refractivity contribution in [1.82, 2.24) is 0 Å². The molecule has 2 heteroatoms. The second-order valence-electron chi connectivity index (χ2n) is 12.2. The summed E-state index contributed by atoms with van der Waals surface area (Å²) in [5, 5.41) is 13.0. The van der Waals surface area contributed by atoms with Crippen LogP contribution in [0.4, 0.5) is 11.4 Å². The maximum Gasteiger partial charge on any atom is 0.0388 e. The SMILES string of the molecule is CC1Nc2ccc3ccccc3c2C1(C)Cc1ccc(CC2(C)c3c(ccc4ccccc34)NC2C)cc1. The normalized spacial score (nSPS) is 25.7. The summed E-state index contributed by atoms with van der Waals surface area (Å²) in [4.78, 5) is 0. The zero-order chi connectivity index (χ0) is 26.1. The van der Waals surface area contributed by atoms with Gasteiger partial charge in [-0.25, -0.2) is 0 Å². The summed E-state index contributed by atoms with van der Waals surface area (Å²) in [7, 11) is 0. The van der Waals surface area contributed by atoms with Crippen LogP contribution in [0.2, 0.25) is 0 Å². The molecule has 0 aromatic heterocycles. The molecule has 2 N–H and O–H groups in total. The van der Waals surface area contributed by atoms with Crippen LogP contribution >= 0.6 is 0 Å². The van der Waals surface area contributed by atoms with E-state index in [4.69, 9.17) is 0 Å². The summed E-state index contributed by atoms with van der Waals surface area (Å²) in [6, 6.07) is 36.9. The molecule has 7 rings (SSSR count). The van der Waals surface area contributed by atoms with Crippen LogP contribution in [0.15, 0.2) is 97.1 Å². The van der Waals surface area contributed by atoms with Crippen LogP contribution in [0.3, 0.4) is 0 Å². The Kier molecular flexibility index (Phi) is 5.14. The molecular weight excluding hydrogens is 460 g/mol. The van der Waals surface area contributed by atoms with Crippen molar-refractivity contribution in [2.24, 2.45) is 0 Å². The second kappa shape index (κ2) is 8.36. The molecule has 0 saturated heterocycles. The Morgan fingerprint density at radius 1 is 0.526 bits per heavy atom. The molecular formula is C36H36N2. The largest absolute Gasteiger partial charge is 0.381 e. The molecule has 190 valence electrons. The van der Waals surface area contributed by atoms with Crippen LogP contribution in [0.1, 0.15) is 49.9 Å². The molecule has 0 amide bonds. The van der Waals surface area contributed by atoms with Gasteiger partial charge in [0.25, 0.3) is 0 Å². The highest BCUT2D eigenvalue weighted by molar-refractivity contribution is 5.94. The van der Waals surface area contributed by atoms with Gasteiger partial charge in [-0.1, -0.05) is 98.8 Å². The van der Waals surface area contributed by atoms with Crippen molar-refractivity contribution < 1.29 is 0 Å². The third-order valence-corrected chi connectivity index (χ3v) is 9.82. The van der Waals surface area contributed by atoms with Crippen LogP contribution in [0.5, 0.6) is 0 Å². The van der Waals surface area contributed by atoms with Crippen LogP contribution in [-0.4, -0.2) is 12.1 Å². The Bertz CT molecular complexity index is 1560. The molecule has 0 saturated carbocycles. The molecule has 4 unspecified atom stereocenters. The first-order chi connectivity index (χ1) is 18.4. The maximum atomic E-state index is 3.79. The predicted octanol–water partition coefficient (Wildman–Crippen LogP) is 8.62. The minimum Gasteiger partial charge on any atom is -0.381 e. The van der Waals surface area contributed by atoms with Crippen molar-refractivity contribution in [3.63, 3.8) is 0 Å². The molecule has 5 aromatic carbocycles. The molecule has 0 spiro atoms. The fourth-order valence-corrected chi connectivity index (χ4v) is 7.34. The lowest BCUT2D eigenvalue weighted by Crippen LogP contribution is -2.36. The molecule has 5 aromatic rings. The average molecular weight is 497 g/mol. The fraction of sp³-hybridized carbons (Fsp3) is 0.278. The molecule has 2 aliphatic rings. The molecule has 2 heterocycles. The van der Waals surface area contributed by atoms with Crippen LogP contribution in [0, 0.1) is 0 Å². The smallest absolute Gasteiger partial charge is 0.0388 e. The predicted molar refractivity (Wildman–Crippen MR) is 163 cm³/mol. The summed E-state index contributed by atoms with van der Waals surface area (Å²) in [5.41, 5.74) is 8.38. The average Bonchev–Trinajstić information content (AvgIpc) is 3.33. The van der Waals surface area contributed by atoms with E-state index in [1.807, 2.05) is 0 Å². The first-order valence-electron chi connectivity index (χ1n) is 14.0. The van der Waals surface area contributed by atoms with E-state index in [0.717, 1.165) is 12.8 Å². The monoisotopic (exact) mass is 496 g/mol. The number of nitrogens with one attached hydrogen (secondary N) is 2. The zero-order valence-corrected chi connectivity index (χ0v) is 22.8. The van der Waals surface area contributed by atoms with Gasteiger partial charge in [0.2, 0.25) is 0 Å². The van der Waals surface area contributed by atoms with Gasteiger partial charge < -0.3 is 10.6 Å². The van der Waals surface area contributed by atoms with Gasteiger partial charge in [-0.2, -0.15) is 0 Å². The topological polar surface area (TPSA) is 24.1 Å². The van der Waals surface area contributed by atoms with Crippen molar-refractivity contribution >= 4 is 32.9 Å². The van der Waals surface area contributed by atoms with Gasteiger partial charge in [0.05, 0.1) is 0 Å². The van der Waals surface area contributed by atoms with Crippen LogP contribution < -0.4 is 10.6 Å². The number of benzene rings is 5. The Balaban J connectivity index is 1.20. The zero-order valence-electron chi connectivity index (χ0n) is 22.8. The Morgan fingerprint density at radius 2 is 0.921 bits per heavy atom. The van der Waals surface area contributed by atoms with E-state index in [1.54, 1.807) is 0 Å². The first-order valence-corrected chi connectivity index (χ1v) is 14.0. The highest BCUT2D eigenvalue weighted by Crippen LogP contribution is 2.48. The molecule has 0 aliphatic carbocycles. The summed E-state index contributed by atoms with van der Waals surface area (Å²) in [6.07, 6.45) is 2.04. The maximum absolute atomic E-state index is 3.79. The highest BCUT2D eigenvalue weighted by Gasteiger charge is 2.43. The fourth-order valence-electron chi connectivity index (χ4n) is 7.34. The van der Waals surface area contributed by atoms with Gasteiger partial charge in [-0.05, 0) is 82.6 Å². The number of rotatable bonds is 4. The summed E-state index contributed by atoms with van der Waals surface area (Å²) < 4.78 is 0. The molecule has 2 nitrogen and oxygen atoms in total. The molecule has 0 radical (unpaired) electrons. The van der Waals surface area contributed by atoms with E-state index in [-0.39, 0.29) is 10.8 Å². The van der Waals surface area contributed by atoms with E-state index in [0.29, 0.717) is 12.1 Å². The minimum atomic E-state index is 0.0332. The lowest BCUT2D eigenvalue weighted by Gasteiger charge is -2.32. The number of hydrogen-bond acceptors (Lipinski definition) is 2. The molecule has 4 atom stereocenters. The van der Waals surface area contributed by atoms with Gasteiger partial charge in [0.15, 0.2) is 0 Å². The van der Waals surface area contributed by atoms with E-state index < -0.39 is 0 Å². The van der Waals surface area contributed by atoms with Gasteiger partial charge in [-0.15, -0.1) is 0 Å². The molecule has 0 fully saturated rings. The van der Waals surface area contributed by atoms with Gasteiger partial charge in [0, 0.05) is 34.3 Å². The standard InChI is InChI=1S/C36H36N2/c1-23-35(3,33-29-11-7-5-9-27(29)17-19-31(33)37-23)21-25-13-15-26(16-14-25)22-36(4)24(2)38-32-20-18-28-10-6-8-12-30(28)34(32)36/h5-20,23-24,37-38H,21-22H2,1-4H3. The summed E-state index contributed by atoms with van der Waals surface area (Å²) in [5.74, 6) is 0. The van der Waals surface area contributed by atoms with Gasteiger partial charge in [-0.3, -0.25) is 0 Å². The number of fused-ring (bicyclic) bond motifs is 6. The highest BCUT2D eigenvalue weighted by atomic mass is 15.0. The lowest BCUT2D eigenvalue weighted by molar-refractivity contribution is 0.436. The molecule has 38 heavy (non-hydrogen) atoms. The second-order valence-corrected chi connectivity index (χ2v) is 12.2. The van der Waals surface area contributed by atoms with Gasteiger partial charge in [0.1, 0.15) is 0 Å². The minimum absolute atomic E-state index is 0.0332.